The number of carbonyl (C=O) groups is 3. The van der Waals surface area contributed by atoms with Crippen LogP contribution in [0, 0.1) is 0 Å². The quantitative estimate of drug-likeness (QED) is 0.0485. The van der Waals surface area contributed by atoms with Crippen LogP contribution in [0.25, 0.3) is 0 Å². The first-order chi connectivity index (χ1) is 25.4. The molecule has 3 aliphatic heterocycles. The third-order valence-electron chi connectivity index (χ3n) is 9.82. The van der Waals surface area contributed by atoms with Crippen LogP contribution in [0.5, 0.6) is 0 Å². The minimum absolute atomic E-state index is 0. The molecule has 0 aliphatic carbocycles. The van der Waals surface area contributed by atoms with Gasteiger partial charge in [0.1, 0.15) is 6.54 Å². The molecule has 0 bridgehead atoms. The second-order valence-electron chi connectivity index (χ2n) is 14.3. The number of imide groups is 1. The Bertz CT molecular complexity index is 1970. The molecule has 0 N–H and O–H groups in total. The number of nitrogens with zero attached hydrogens (tertiary/aromatic N) is 3. The predicted molar refractivity (Wildman–Crippen MR) is 199 cm³/mol. The monoisotopic (exact) mass is 803 g/mol. The van der Waals surface area contributed by atoms with Crippen LogP contribution in [0.15, 0.2) is 84.6 Å². The molecule has 0 atom stereocenters. The van der Waals surface area contributed by atoms with Crippen molar-refractivity contribution in [3.05, 3.63) is 95.7 Å². The molecule has 2 aromatic rings. The number of amides is 2. The Balaban J connectivity index is 0.00000155. The molecule has 0 radical (unpaired) electrons. The van der Waals surface area contributed by atoms with Crippen LogP contribution in [0.3, 0.4) is 0 Å². The van der Waals surface area contributed by atoms with Crippen LogP contribution < -0.4 is 44.2 Å². The minimum Gasteiger partial charge on any atom is -0.748 e. The van der Waals surface area contributed by atoms with E-state index < -0.39 is 36.2 Å². The molecular weight excluding hydrogens is 756 g/mol. The average molecular weight is 804 g/mol. The number of hydrogen-bond acceptors (Lipinski definition) is 11. The van der Waals surface area contributed by atoms with E-state index in [1.165, 1.54) is 22.5 Å². The Morgan fingerprint density at radius 1 is 0.873 bits per heavy atom. The fourth-order valence-corrected chi connectivity index (χ4v) is 7.75. The molecule has 290 valence electrons. The van der Waals surface area contributed by atoms with Gasteiger partial charge in [-0.25, -0.2) is 13.2 Å². The van der Waals surface area contributed by atoms with Gasteiger partial charge in [-0.1, -0.05) is 73.0 Å². The van der Waals surface area contributed by atoms with Gasteiger partial charge in [-0.05, 0) is 57.2 Å². The van der Waals surface area contributed by atoms with E-state index in [4.69, 9.17) is 19.2 Å². The van der Waals surface area contributed by atoms with Gasteiger partial charge in [-0.15, -0.1) is 5.06 Å². The number of carbonyl (C=O) groups excluding carboxylic acids is 3. The molecular formula is C39H47N3NaO10PS. The van der Waals surface area contributed by atoms with Crippen molar-refractivity contribution in [2.75, 3.05) is 23.7 Å². The molecule has 5 rings (SSSR count). The van der Waals surface area contributed by atoms with E-state index in [9.17, 15) is 27.4 Å². The van der Waals surface area contributed by atoms with Crippen molar-refractivity contribution in [3.8, 4) is 0 Å². The predicted octanol–water partition coefficient (Wildman–Crippen LogP) is 1.72. The van der Waals surface area contributed by atoms with Gasteiger partial charge in [0.2, 0.25) is 5.69 Å². The third-order valence-corrected chi connectivity index (χ3v) is 10.6. The second-order valence-corrected chi connectivity index (χ2v) is 16.3. The van der Waals surface area contributed by atoms with Gasteiger partial charge in [0.15, 0.2) is 5.71 Å². The Labute approximate surface area is 346 Å². The molecule has 0 aromatic heterocycles. The molecule has 3 aliphatic rings. The van der Waals surface area contributed by atoms with Crippen LogP contribution in [0.1, 0.15) is 90.2 Å². The molecule has 0 unspecified atom stereocenters. The number of allylic oxidation sites excluding steroid dienone is 6. The molecule has 1 fully saturated rings. The largest absolute Gasteiger partial charge is 1.00 e. The van der Waals surface area contributed by atoms with E-state index in [2.05, 4.69) is 85.7 Å². The van der Waals surface area contributed by atoms with E-state index in [1.54, 1.807) is 0 Å². The summed E-state index contributed by atoms with van der Waals surface area (Å²) >= 11 is 0. The molecule has 2 aromatic carbocycles. The molecule has 3 heterocycles. The Hall–Kier alpha value is -3.33. The zero-order valence-electron chi connectivity index (χ0n) is 32.1. The standard InChI is InChI=1S/C39H47N3O7S.Na.HO3P/c1-38(2)29-17-10-12-19-31(29)40(26-14-6-9-23-37(45)49-42-35(43)24-25-36(42)44)33(38)21-7-5-8-22-34-39(3,4)30-18-11-13-20-32(30)41(34)27-15-16-28-50(46,47)48;;1-4(2)3/h5,7-8,10-13,17-22H,6,9,14-16,23-28H2,1-4H3;;(H,1,2,3)/q;+1;/p-1. The van der Waals surface area contributed by atoms with Gasteiger partial charge in [0.05, 0.1) is 15.5 Å². The number of benzene rings is 2. The number of unbranched alkanes of at least 4 members (excludes halogenated alkanes) is 3. The van der Waals surface area contributed by atoms with Gasteiger partial charge in [-0.2, -0.15) is 4.58 Å². The summed E-state index contributed by atoms with van der Waals surface area (Å²) in [5, 5.41) is 0.600. The van der Waals surface area contributed by atoms with Crippen LogP contribution in [0.2, 0.25) is 0 Å². The van der Waals surface area contributed by atoms with Gasteiger partial charge in [0, 0.05) is 72.5 Å². The van der Waals surface area contributed by atoms with Crippen molar-refractivity contribution in [2.24, 2.45) is 0 Å². The zero-order valence-corrected chi connectivity index (χ0v) is 35.8. The summed E-state index contributed by atoms with van der Waals surface area (Å²) in [5.74, 6) is -1.87. The molecule has 13 nitrogen and oxygen atoms in total. The fraction of sp³-hybridized carbons (Fsp3) is 0.436. The maximum atomic E-state index is 12.2. The Morgan fingerprint density at radius 2 is 1.49 bits per heavy atom. The van der Waals surface area contributed by atoms with E-state index in [0.717, 1.165) is 30.8 Å². The van der Waals surface area contributed by atoms with Crippen molar-refractivity contribution in [2.45, 2.75) is 89.9 Å². The van der Waals surface area contributed by atoms with Crippen LogP contribution in [-0.4, -0.2) is 64.9 Å². The molecule has 0 spiro atoms. The Kier molecular flexibility index (Phi) is 16.9. The molecule has 0 saturated carbocycles. The van der Waals surface area contributed by atoms with Crippen molar-refractivity contribution < 1.29 is 80.7 Å². The summed E-state index contributed by atoms with van der Waals surface area (Å²) in [4.78, 5) is 59.9. The molecule has 16 heteroatoms. The van der Waals surface area contributed by atoms with Gasteiger partial charge in [0.25, 0.3) is 20.1 Å². The SMILES string of the molecule is CC1(C)C(/C=C/C=C/C=C2/N(CCCCS(=O)(=O)[O-])c3ccccc3C2(C)C)=[N+](CCCCCC(=O)ON2C(=O)CCC2=O)c2ccccc21.O=[P+]([O-])[O-].[Na+]. The van der Waals surface area contributed by atoms with Gasteiger partial charge < -0.3 is 24.1 Å². The fourth-order valence-electron chi connectivity index (χ4n) is 7.19. The van der Waals surface area contributed by atoms with E-state index in [-0.39, 0.29) is 65.4 Å². The summed E-state index contributed by atoms with van der Waals surface area (Å²) in [5.41, 5.74) is 6.53. The van der Waals surface area contributed by atoms with E-state index in [0.29, 0.717) is 30.9 Å². The first kappa shape index (κ1) is 46.1. The maximum absolute atomic E-state index is 12.2. The van der Waals surface area contributed by atoms with Crippen molar-refractivity contribution >= 4 is 53.2 Å². The number of rotatable bonds is 15. The van der Waals surface area contributed by atoms with Crippen LogP contribution >= 0.6 is 8.25 Å². The maximum Gasteiger partial charge on any atom is 1.00 e. The first-order valence-electron chi connectivity index (χ1n) is 17.9. The molecule has 2 amide bonds. The summed E-state index contributed by atoms with van der Waals surface area (Å²) in [7, 11) is -7.61. The van der Waals surface area contributed by atoms with Gasteiger partial charge >= 0.3 is 35.5 Å². The molecule has 55 heavy (non-hydrogen) atoms. The summed E-state index contributed by atoms with van der Waals surface area (Å²) in [6.45, 7) is 10.2. The molecule has 1 saturated heterocycles. The smallest absolute Gasteiger partial charge is 0.748 e. The number of anilines is 1. The van der Waals surface area contributed by atoms with Crippen molar-refractivity contribution in [1.29, 1.82) is 0 Å². The average Bonchev–Trinajstić information content (AvgIpc) is 3.61. The normalized spacial score (nSPS) is 17.8. The number of hydroxylamine groups is 2. The first-order valence-corrected chi connectivity index (χ1v) is 20.6. The number of para-hydroxylation sites is 2. The van der Waals surface area contributed by atoms with Crippen molar-refractivity contribution in [3.63, 3.8) is 0 Å². The van der Waals surface area contributed by atoms with E-state index in [1.807, 2.05) is 30.4 Å². The Morgan fingerprint density at radius 3 is 2.15 bits per heavy atom. The van der Waals surface area contributed by atoms with Gasteiger partial charge in [-0.3, -0.25) is 9.59 Å². The number of hydrogen-bond donors (Lipinski definition) is 0. The third kappa shape index (κ3) is 12.1. The topological polar surface area (TPSA) is 190 Å². The summed E-state index contributed by atoms with van der Waals surface area (Å²) < 4.78 is 44.3. The second kappa shape index (κ2) is 20.2. The van der Waals surface area contributed by atoms with Crippen LogP contribution in [0.4, 0.5) is 11.4 Å². The van der Waals surface area contributed by atoms with Crippen LogP contribution in [-0.2, 0) is 44.7 Å². The van der Waals surface area contributed by atoms with Crippen molar-refractivity contribution in [1.82, 2.24) is 5.06 Å². The summed E-state index contributed by atoms with van der Waals surface area (Å²) in [6, 6.07) is 16.7. The number of fused-ring (bicyclic) bond motifs is 2. The summed E-state index contributed by atoms with van der Waals surface area (Å²) in [6.07, 6.45) is 13.8. The zero-order chi connectivity index (χ0) is 39.7. The minimum atomic E-state index is -4.24. The van der Waals surface area contributed by atoms with E-state index >= 15 is 0 Å².